The third-order valence-corrected chi connectivity index (χ3v) is 2.94. The van der Waals surface area contributed by atoms with Crippen molar-refractivity contribution in [3.8, 4) is 0 Å². The van der Waals surface area contributed by atoms with Gasteiger partial charge < -0.3 is 5.11 Å². The molecule has 0 heterocycles. The maximum absolute atomic E-state index is 9.50. The van der Waals surface area contributed by atoms with E-state index in [2.05, 4.69) is 48.5 Å². The molecule has 0 saturated carbocycles. The molecule has 1 aliphatic carbocycles. The first-order chi connectivity index (χ1) is 7.66. The Balaban J connectivity index is 0. The fourth-order valence-electron chi connectivity index (χ4n) is 1.90. The molecule has 0 aromatic rings. The summed E-state index contributed by atoms with van der Waals surface area (Å²) in [5.74, 6) is 0.833. The second kappa shape index (κ2) is 8.74. The van der Waals surface area contributed by atoms with Crippen LogP contribution in [0.3, 0.4) is 0 Å². The second-order valence-corrected chi connectivity index (χ2v) is 6.08. The molecule has 1 unspecified atom stereocenters. The molecular weight excluding hydrogens is 208 g/mol. The summed E-state index contributed by atoms with van der Waals surface area (Å²) in [5.41, 5.74) is 3.04. The van der Waals surface area contributed by atoms with E-state index in [1.807, 2.05) is 13.8 Å². The highest BCUT2D eigenvalue weighted by Gasteiger charge is 2.29. The monoisotopic (exact) mass is 242 g/mol. The van der Waals surface area contributed by atoms with Crippen molar-refractivity contribution in [1.82, 2.24) is 0 Å². The largest absolute Gasteiger partial charge is 0.393 e. The van der Waals surface area contributed by atoms with Gasteiger partial charge in [-0.2, -0.15) is 0 Å². The zero-order valence-corrected chi connectivity index (χ0v) is 13.5. The molecule has 17 heavy (non-hydrogen) atoms. The van der Waals surface area contributed by atoms with E-state index in [1.54, 1.807) is 0 Å². The van der Waals surface area contributed by atoms with Gasteiger partial charge in [0.05, 0.1) is 6.10 Å². The van der Waals surface area contributed by atoms with Crippen LogP contribution >= 0.6 is 0 Å². The summed E-state index contributed by atoms with van der Waals surface area (Å²) >= 11 is 0. The molecule has 0 saturated heterocycles. The van der Waals surface area contributed by atoms with Gasteiger partial charge in [0.15, 0.2) is 0 Å². The summed E-state index contributed by atoms with van der Waals surface area (Å²) in [6.45, 7) is 19.2. The minimum atomic E-state index is -0.117. The Morgan fingerprint density at radius 2 is 1.47 bits per heavy atom. The molecule has 0 aromatic heterocycles. The molecule has 1 aliphatic rings. The molecule has 1 atom stereocenters. The molecule has 0 aromatic carbocycles. The van der Waals surface area contributed by atoms with Crippen molar-refractivity contribution in [2.75, 3.05) is 0 Å². The van der Waals surface area contributed by atoms with Crippen LogP contribution in [-0.2, 0) is 0 Å². The molecule has 1 nitrogen and oxygen atoms in total. The fourth-order valence-corrected chi connectivity index (χ4v) is 1.90. The summed E-state index contributed by atoms with van der Waals surface area (Å²) in [5, 5.41) is 9.50. The van der Waals surface area contributed by atoms with Crippen molar-refractivity contribution in [3.05, 3.63) is 11.1 Å². The third-order valence-electron chi connectivity index (χ3n) is 2.94. The van der Waals surface area contributed by atoms with Crippen molar-refractivity contribution in [3.63, 3.8) is 0 Å². The number of hydrogen-bond acceptors (Lipinski definition) is 1. The van der Waals surface area contributed by atoms with Crippen LogP contribution in [0.5, 0.6) is 0 Å². The van der Waals surface area contributed by atoms with E-state index in [9.17, 15) is 5.11 Å². The minimum Gasteiger partial charge on any atom is -0.393 e. The number of aliphatic hydroxyl groups excluding tert-OH is 1. The van der Waals surface area contributed by atoms with Crippen LogP contribution in [-0.4, -0.2) is 11.2 Å². The van der Waals surface area contributed by atoms with Gasteiger partial charge in [-0.25, -0.2) is 0 Å². The van der Waals surface area contributed by atoms with Gasteiger partial charge in [-0.3, -0.25) is 0 Å². The van der Waals surface area contributed by atoms with Gasteiger partial charge in [-0.15, -0.1) is 0 Å². The smallest absolute Gasteiger partial charge is 0.0585 e. The number of hydrogen-bond donors (Lipinski definition) is 1. The van der Waals surface area contributed by atoms with Gasteiger partial charge in [-0.05, 0) is 38.0 Å². The Morgan fingerprint density at radius 3 is 1.76 bits per heavy atom. The molecular formula is C16H34O. The first-order valence-corrected chi connectivity index (χ1v) is 7.01. The minimum absolute atomic E-state index is 0.117. The zero-order chi connectivity index (χ0) is 14.2. The summed E-state index contributed by atoms with van der Waals surface area (Å²) in [4.78, 5) is 0. The Morgan fingerprint density at radius 1 is 1.12 bits per heavy atom. The molecule has 0 amide bonds. The molecule has 1 N–H and O–H groups in total. The van der Waals surface area contributed by atoms with Crippen LogP contribution in [0.25, 0.3) is 0 Å². The van der Waals surface area contributed by atoms with Crippen LogP contribution in [0.1, 0.15) is 75.2 Å². The van der Waals surface area contributed by atoms with Crippen molar-refractivity contribution in [1.29, 1.82) is 0 Å². The van der Waals surface area contributed by atoms with Gasteiger partial charge in [0.25, 0.3) is 0 Å². The van der Waals surface area contributed by atoms with E-state index in [4.69, 9.17) is 0 Å². The van der Waals surface area contributed by atoms with Gasteiger partial charge in [-0.1, -0.05) is 59.6 Å². The lowest BCUT2D eigenvalue weighted by Crippen LogP contribution is -2.27. The van der Waals surface area contributed by atoms with Crippen LogP contribution in [0.4, 0.5) is 0 Å². The van der Waals surface area contributed by atoms with Gasteiger partial charge >= 0.3 is 0 Å². The Hall–Kier alpha value is -0.300. The SMILES string of the molecule is CC.CC(C)C.CC1=C(C)C(C)(C)CC(O)C1. The average Bonchev–Trinajstić information content (AvgIpc) is 2.15. The van der Waals surface area contributed by atoms with E-state index < -0.39 is 0 Å². The van der Waals surface area contributed by atoms with Crippen LogP contribution in [0, 0.1) is 11.3 Å². The third kappa shape index (κ3) is 8.43. The summed E-state index contributed by atoms with van der Waals surface area (Å²) < 4.78 is 0. The summed E-state index contributed by atoms with van der Waals surface area (Å²) in [6, 6.07) is 0. The van der Waals surface area contributed by atoms with Crippen molar-refractivity contribution in [2.24, 2.45) is 11.3 Å². The van der Waals surface area contributed by atoms with E-state index in [0.29, 0.717) is 0 Å². The highest BCUT2D eigenvalue weighted by molar-refractivity contribution is 5.21. The highest BCUT2D eigenvalue weighted by atomic mass is 16.3. The molecule has 0 fully saturated rings. The zero-order valence-electron chi connectivity index (χ0n) is 13.5. The maximum atomic E-state index is 9.50. The predicted octanol–water partition coefficient (Wildman–Crippen LogP) is 5.19. The Labute approximate surface area is 109 Å². The van der Waals surface area contributed by atoms with E-state index in [1.165, 1.54) is 11.1 Å². The molecule has 104 valence electrons. The second-order valence-electron chi connectivity index (χ2n) is 6.08. The quantitative estimate of drug-likeness (QED) is 0.579. The lowest BCUT2D eigenvalue weighted by atomic mass is 9.72. The fraction of sp³-hybridized carbons (Fsp3) is 0.875. The van der Waals surface area contributed by atoms with Gasteiger partial charge in [0, 0.05) is 0 Å². The van der Waals surface area contributed by atoms with Crippen molar-refractivity contribution in [2.45, 2.75) is 81.3 Å². The molecule has 0 spiro atoms. The Bertz CT molecular complexity index is 221. The van der Waals surface area contributed by atoms with Gasteiger partial charge in [0.1, 0.15) is 0 Å². The van der Waals surface area contributed by atoms with Crippen molar-refractivity contribution < 1.29 is 5.11 Å². The number of aliphatic hydroxyl groups is 1. The lowest BCUT2D eigenvalue weighted by Gasteiger charge is -2.35. The highest BCUT2D eigenvalue weighted by Crippen LogP contribution is 2.39. The van der Waals surface area contributed by atoms with E-state index in [-0.39, 0.29) is 11.5 Å². The van der Waals surface area contributed by atoms with Gasteiger partial charge in [0.2, 0.25) is 0 Å². The summed E-state index contributed by atoms with van der Waals surface area (Å²) in [6.07, 6.45) is 1.67. The molecule has 1 rings (SSSR count). The first-order valence-electron chi connectivity index (χ1n) is 7.01. The lowest BCUT2D eigenvalue weighted by molar-refractivity contribution is 0.115. The molecule has 0 aliphatic heterocycles. The summed E-state index contributed by atoms with van der Waals surface area (Å²) in [7, 11) is 0. The molecule has 0 bridgehead atoms. The molecule has 0 radical (unpaired) electrons. The normalized spacial score (nSPS) is 22.4. The van der Waals surface area contributed by atoms with E-state index in [0.717, 1.165) is 18.8 Å². The molecule has 1 heteroatoms. The number of allylic oxidation sites excluding steroid dienone is 1. The first kappa shape index (κ1) is 19.0. The number of rotatable bonds is 0. The predicted molar refractivity (Wildman–Crippen MR) is 79.3 cm³/mol. The van der Waals surface area contributed by atoms with Crippen LogP contribution < -0.4 is 0 Å². The average molecular weight is 242 g/mol. The van der Waals surface area contributed by atoms with Crippen LogP contribution in [0.2, 0.25) is 0 Å². The van der Waals surface area contributed by atoms with Crippen molar-refractivity contribution >= 4 is 0 Å². The standard InChI is InChI=1S/C10H18O.C4H10.C2H6/c1-7-5-9(11)6-10(3,4)8(7)2;1-4(2)3;1-2/h9,11H,5-6H2,1-4H3;4H,1-3H3;1-2H3. The van der Waals surface area contributed by atoms with Crippen LogP contribution in [0.15, 0.2) is 11.1 Å². The maximum Gasteiger partial charge on any atom is 0.0585 e. The topological polar surface area (TPSA) is 20.2 Å². The Kier molecular flexibility index (Phi) is 9.80. The van der Waals surface area contributed by atoms with E-state index >= 15 is 0 Å².